The summed E-state index contributed by atoms with van der Waals surface area (Å²) in [4.78, 5) is 11.2. The molecule has 2 aromatic rings. The first-order chi connectivity index (χ1) is 9.22. The van der Waals surface area contributed by atoms with Crippen LogP contribution in [-0.2, 0) is 13.0 Å². The van der Waals surface area contributed by atoms with Crippen molar-refractivity contribution in [2.24, 2.45) is 5.84 Å². The fourth-order valence-electron chi connectivity index (χ4n) is 1.62. The standard InChI is InChI=1S/C14H16N2O3/c1-2-10-3-5-11(6-4-10)18-9-12-7-8-13(19-12)14(17)16-15/h3-8H,2,9,15H2,1H3,(H,16,17). The van der Waals surface area contributed by atoms with Crippen molar-refractivity contribution in [3.63, 3.8) is 0 Å². The second kappa shape index (κ2) is 6.06. The van der Waals surface area contributed by atoms with Gasteiger partial charge in [-0.25, -0.2) is 5.84 Å². The van der Waals surface area contributed by atoms with Crippen LogP contribution in [0.2, 0.25) is 0 Å². The maximum Gasteiger partial charge on any atom is 0.300 e. The zero-order chi connectivity index (χ0) is 13.7. The lowest BCUT2D eigenvalue weighted by atomic mass is 10.2. The maximum absolute atomic E-state index is 11.2. The Balaban J connectivity index is 1.94. The molecule has 0 saturated carbocycles. The highest BCUT2D eigenvalue weighted by atomic mass is 16.5. The van der Waals surface area contributed by atoms with Gasteiger partial charge in [0.1, 0.15) is 18.1 Å². The molecule has 1 aromatic heterocycles. The van der Waals surface area contributed by atoms with E-state index in [-0.39, 0.29) is 12.4 Å². The van der Waals surface area contributed by atoms with Gasteiger partial charge in [0.05, 0.1) is 0 Å². The molecular weight excluding hydrogens is 244 g/mol. The zero-order valence-electron chi connectivity index (χ0n) is 10.7. The smallest absolute Gasteiger partial charge is 0.300 e. The van der Waals surface area contributed by atoms with E-state index in [0.717, 1.165) is 12.2 Å². The van der Waals surface area contributed by atoms with Gasteiger partial charge in [-0.2, -0.15) is 0 Å². The molecule has 0 bridgehead atoms. The Hall–Kier alpha value is -2.27. The minimum Gasteiger partial charge on any atom is -0.486 e. The molecule has 0 aliphatic rings. The quantitative estimate of drug-likeness (QED) is 0.490. The summed E-state index contributed by atoms with van der Waals surface area (Å²) in [5.74, 6) is 6.05. The second-order valence-electron chi connectivity index (χ2n) is 4.03. The molecule has 1 amide bonds. The molecule has 100 valence electrons. The molecule has 0 aliphatic heterocycles. The third-order valence-corrected chi connectivity index (χ3v) is 2.73. The highest BCUT2D eigenvalue weighted by molar-refractivity contribution is 5.90. The highest BCUT2D eigenvalue weighted by Gasteiger charge is 2.09. The van der Waals surface area contributed by atoms with Crippen LogP contribution in [0.25, 0.3) is 0 Å². The first-order valence-electron chi connectivity index (χ1n) is 6.04. The molecular formula is C14H16N2O3. The van der Waals surface area contributed by atoms with Crippen LogP contribution in [0.5, 0.6) is 5.75 Å². The summed E-state index contributed by atoms with van der Waals surface area (Å²) < 4.78 is 10.8. The summed E-state index contributed by atoms with van der Waals surface area (Å²) >= 11 is 0. The molecule has 5 heteroatoms. The molecule has 5 nitrogen and oxygen atoms in total. The van der Waals surface area contributed by atoms with Crippen molar-refractivity contribution in [3.05, 3.63) is 53.5 Å². The van der Waals surface area contributed by atoms with Crippen LogP contribution < -0.4 is 16.0 Å². The van der Waals surface area contributed by atoms with Crippen LogP contribution in [0.1, 0.15) is 28.8 Å². The predicted octanol–water partition coefficient (Wildman–Crippen LogP) is 2.02. The van der Waals surface area contributed by atoms with Crippen molar-refractivity contribution < 1.29 is 13.9 Å². The van der Waals surface area contributed by atoms with Crippen molar-refractivity contribution in [2.75, 3.05) is 0 Å². The Kier molecular flexibility index (Phi) is 4.20. The number of nitrogen functional groups attached to an aromatic ring is 1. The molecule has 0 radical (unpaired) electrons. The van der Waals surface area contributed by atoms with Crippen LogP contribution in [0, 0.1) is 0 Å². The summed E-state index contributed by atoms with van der Waals surface area (Å²) in [6.45, 7) is 2.37. The Morgan fingerprint density at radius 1 is 1.26 bits per heavy atom. The molecule has 3 N–H and O–H groups in total. The Bertz CT molecular complexity index is 546. The van der Waals surface area contributed by atoms with Crippen LogP contribution >= 0.6 is 0 Å². The normalized spacial score (nSPS) is 10.2. The zero-order valence-corrected chi connectivity index (χ0v) is 10.7. The Morgan fingerprint density at radius 3 is 2.63 bits per heavy atom. The fourth-order valence-corrected chi connectivity index (χ4v) is 1.62. The topological polar surface area (TPSA) is 77.5 Å². The average Bonchev–Trinajstić information content (AvgIpc) is 2.93. The van der Waals surface area contributed by atoms with Crippen molar-refractivity contribution in [1.82, 2.24) is 5.43 Å². The van der Waals surface area contributed by atoms with Gasteiger partial charge in [0.2, 0.25) is 0 Å². The minimum atomic E-state index is -0.460. The van der Waals surface area contributed by atoms with Gasteiger partial charge in [-0.15, -0.1) is 0 Å². The molecule has 0 saturated heterocycles. The van der Waals surface area contributed by atoms with E-state index in [0.29, 0.717) is 5.76 Å². The molecule has 0 fully saturated rings. The Labute approximate surface area is 111 Å². The summed E-state index contributed by atoms with van der Waals surface area (Å²) in [7, 11) is 0. The summed E-state index contributed by atoms with van der Waals surface area (Å²) in [6, 6.07) is 11.1. The average molecular weight is 260 g/mol. The van der Waals surface area contributed by atoms with Crippen LogP contribution in [0.15, 0.2) is 40.8 Å². The summed E-state index contributed by atoms with van der Waals surface area (Å²) in [5.41, 5.74) is 3.26. The molecule has 2 rings (SSSR count). The summed E-state index contributed by atoms with van der Waals surface area (Å²) in [5, 5.41) is 0. The van der Waals surface area contributed by atoms with Crippen LogP contribution in [-0.4, -0.2) is 5.91 Å². The lowest BCUT2D eigenvalue weighted by Gasteiger charge is -2.04. The molecule has 1 heterocycles. The third-order valence-electron chi connectivity index (χ3n) is 2.73. The number of ether oxygens (including phenoxy) is 1. The number of furan rings is 1. The molecule has 0 atom stereocenters. The van der Waals surface area contributed by atoms with Crippen LogP contribution in [0.3, 0.4) is 0 Å². The van der Waals surface area contributed by atoms with Crippen LogP contribution in [0.4, 0.5) is 0 Å². The van der Waals surface area contributed by atoms with E-state index in [4.69, 9.17) is 15.0 Å². The highest BCUT2D eigenvalue weighted by Crippen LogP contribution is 2.15. The van der Waals surface area contributed by atoms with Gasteiger partial charge in [0.25, 0.3) is 0 Å². The Morgan fingerprint density at radius 2 is 2.00 bits per heavy atom. The largest absolute Gasteiger partial charge is 0.486 e. The van der Waals surface area contributed by atoms with Gasteiger partial charge >= 0.3 is 5.91 Å². The number of aryl methyl sites for hydroxylation is 1. The molecule has 0 aliphatic carbocycles. The number of carbonyl (C=O) groups excluding carboxylic acids is 1. The van der Waals surface area contributed by atoms with Gasteiger partial charge in [0, 0.05) is 0 Å². The predicted molar refractivity (Wildman–Crippen MR) is 70.5 cm³/mol. The number of hydrazine groups is 1. The van der Waals surface area contributed by atoms with Crippen molar-refractivity contribution in [2.45, 2.75) is 20.0 Å². The van der Waals surface area contributed by atoms with Gasteiger partial charge in [0.15, 0.2) is 5.76 Å². The number of nitrogens with one attached hydrogen (secondary N) is 1. The van der Waals surface area contributed by atoms with E-state index in [1.165, 1.54) is 5.56 Å². The number of nitrogens with two attached hydrogens (primary N) is 1. The molecule has 19 heavy (non-hydrogen) atoms. The number of hydrogen-bond donors (Lipinski definition) is 2. The van der Waals surface area contributed by atoms with E-state index >= 15 is 0 Å². The van der Waals surface area contributed by atoms with E-state index in [9.17, 15) is 4.79 Å². The fraction of sp³-hybridized carbons (Fsp3) is 0.214. The van der Waals surface area contributed by atoms with Crippen molar-refractivity contribution in [1.29, 1.82) is 0 Å². The first-order valence-corrected chi connectivity index (χ1v) is 6.04. The van der Waals surface area contributed by atoms with Gasteiger partial charge < -0.3 is 9.15 Å². The number of benzene rings is 1. The maximum atomic E-state index is 11.2. The van der Waals surface area contributed by atoms with Gasteiger partial charge in [-0.3, -0.25) is 10.2 Å². The minimum absolute atomic E-state index is 0.169. The molecule has 0 spiro atoms. The third kappa shape index (κ3) is 3.35. The van der Waals surface area contributed by atoms with E-state index in [2.05, 4.69) is 6.92 Å². The second-order valence-corrected chi connectivity index (χ2v) is 4.03. The number of hydrogen-bond acceptors (Lipinski definition) is 4. The van der Waals surface area contributed by atoms with Crippen molar-refractivity contribution in [3.8, 4) is 5.75 Å². The van der Waals surface area contributed by atoms with E-state index in [1.807, 2.05) is 29.7 Å². The van der Waals surface area contributed by atoms with E-state index < -0.39 is 5.91 Å². The summed E-state index contributed by atoms with van der Waals surface area (Å²) in [6.07, 6.45) is 0.996. The molecule has 0 unspecified atom stereocenters. The number of amides is 1. The van der Waals surface area contributed by atoms with E-state index in [1.54, 1.807) is 12.1 Å². The number of carbonyl (C=O) groups is 1. The lowest BCUT2D eigenvalue weighted by Crippen LogP contribution is -2.29. The van der Waals surface area contributed by atoms with Crippen molar-refractivity contribution >= 4 is 5.91 Å². The lowest BCUT2D eigenvalue weighted by molar-refractivity contribution is 0.0922. The monoisotopic (exact) mass is 260 g/mol. The van der Waals surface area contributed by atoms with Gasteiger partial charge in [-0.05, 0) is 36.2 Å². The SMILES string of the molecule is CCc1ccc(OCc2ccc(C(=O)NN)o2)cc1. The first kappa shape index (κ1) is 13.2. The molecule has 1 aromatic carbocycles. The number of rotatable bonds is 5. The van der Waals surface area contributed by atoms with Gasteiger partial charge in [-0.1, -0.05) is 19.1 Å².